The van der Waals surface area contributed by atoms with Gasteiger partial charge in [0.25, 0.3) is 5.91 Å². The van der Waals surface area contributed by atoms with E-state index in [0.717, 1.165) is 17.3 Å². The number of nitrogens with zero attached hydrogens (tertiary/aromatic N) is 1. The highest BCUT2D eigenvalue weighted by molar-refractivity contribution is 6.12. The van der Waals surface area contributed by atoms with Crippen LogP contribution in [-0.4, -0.2) is 24.1 Å². The number of benzene rings is 2. The molecule has 1 N–H and O–H groups in total. The lowest BCUT2D eigenvalue weighted by Gasteiger charge is -2.11. The molecule has 0 bridgehead atoms. The van der Waals surface area contributed by atoms with Crippen LogP contribution < -0.4 is 14.8 Å². The standard InChI is InChI=1S/C19H16N2O3/c22-19(15-4-1-6-16-14(15)5-2-9-20-16)21-13-7-8-17-18(12-13)24-11-3-10-23-17/h1-2,4-9,12H,3,10-11H2,(H,21,22). The summed E-state index contributed by atoms with van der Waals surface area (Å²) >= 11 is 0. The molecule has 3 aromatic rings. The van der Waals surface area contributed by atoms with Gasteiger partial charge in [-0.15, -0.1) is 0 Å². The van der Waals surface area contributed by atoms with Crippen LogP contribution >= 0.6 is 0 Å². The van der Waals surface area contributed by atoms with Crippen molar-refractivity contribution in [1.82, 2.24) is 4.98 Å². The summed E-state index contributed by atoms with van der Waals surface area (Å²) in [6, 6.07) is 14.7. The molecule has 0 unspecified atom stereocenters. The van der Waals surface area contributed by atoms with Crippen LogP contribution in [0.2, 0.25) is 0 Å². The van der Waals surface area contributed by atoms with Crippen LogP contribution in [0.25, 0.3) is 10.9 Å². The molecule has 0 aliphatic carbocycles. The van der Waals surface area contributed by atoms with E-state index in [1.807, 2.05) is 36.4 Å². The van der Waals surface area contributed by atoms with Crippen LogP contribution in [0, 0.1) is 0 Å². The van der Waals surface area contributed by atoms with Crippen molar-refractivity contribution in [2.45, 2.75) is 6.42 Å². The molecule has 2 aromatic carbocycles. The van der Waals surface area contributed by atoms with Crippen molar-refractivity contribution in [3.63, 3.8) is 0 Å². The average Bonchev–Trinajstić information content (AvgIpc) is 2.86. The van der Waals surface area contributed by atoms with Crippen molar-refractivity contribution in [3.8, 4) is 11.5 Å². The van der Waals surface area contributed by atoms with Crippen molar-refractivity contribution in [2.75, 3.05) is 18.5 Å². The molecule has 5 heteroatoms. The summed E-state index contributed by atoms with van der Waals surface area (Å²) in [5.74, 6) is 1.19. The van der Waals surface area contributed by atoms with E-state index >= 15 is 0 Å². The number of nitrogens with one attached hydrogen (secondary N) is 1. The van der Waals surface area contributed by atoms with Gasteiger partial charge in [-0.25, -0.2) is 0 Å². The first-order valence-electron chi connectivity index (χ1n) is 7.86. The lowest BCUT2D eigenvalue weighted by atomic mass is 10.1. The highest BCUT2D eigenvalue weighted by Gasteiger charge is 2.14. The Labute approximate surface area is 139 Å². The molecule has 0 fully saturated rings. The maximum Gasteiger partial charge on any atom is 0.256 e. The van der Waals surface area contributed by atoms with E-state index in [1.165, 1.54) is 0 Å². The van der Waals surface area contributed by atoms with E-state index in [1.54, 1.807) is 18.3 Å². The molecule has 0 radical (unpaired) electrons. The van der Waals surface area contributed by atoms with Crippen LogP contribution in [0.4, 0.5) is 5.69 Å². The number of carbonyl (C=O) groups excluding carboxylic acids is 1. The minimum Gasteiger partial charge on any atom is -0.490 e. The Balaban J connectivity index is 1.63. The smallest absolute Gasteiger partial charge is 0.256 e. The SMILES string of the molecule is O=C(Nc1ccc2c(c1)OCCCO2)c1cccc2ncccc12. The molecule has 0 atom stereocenters. The minimum absolute atomic E-state index is 0.178. The van der Waals surface area contributed by atoms with E-state index in [9.17, 15) is 4.79 Å². The van der Waals surface area contributed by atoms with Gasteiger partial charge in [-0.1, -0.05) is 12.1 Å². The van der Waals surface area contributed by atoms with Gasteiger partial charge in [0.05, 0.1) is 18.7 Å². The Morgan fingerprint density at radius 2 is 1.88 bits per heavy atom. The lowest BCUT2D eigenvalue weighted by molar-refractivity contribution is 0.102. The van der Waals surface area contributed by atoms with Crippen molar-refractivity contribution in [1.29, 1.82) is 0 Å². The molecule has 4 rings (SSSR count). The zero-order valence-corrected chi connectivity index (χ0v) is 13.0. The third-order valence-electron chi connectivity index (χ3n) is 3.90. The topological polar surface area (TPSA) is 60.5 Å². The van der Waals surface area contributed by atoms with Crippen LogP contribution in [0.5, 0.6) is 11.5 Å². The van der Waals surface area contributed by atoms with E-state index in [2.05, 4.69) is 10.3 Å². The summed E-state index contributed by atoms with van der Waals surface area (Å²) < 4.78 is 11.3. The predicted octanol–water partition coefficient (Wildman–Crippen LogP) is 3.65. The van der Waals surface area contributed by atoms with Crippen molar-refractivity contribution >= 4 is 22.5 Å². The number of hydrogen-bond donors (Lipinski definition) is 1. The Kier molecular flexibility index (Phi) is 3.75. The van der Waals surface area contributed by atoms with Gasteiger partial charge in [-0.3, -0.25) is 9.78 Å². The summed E-state index contributed by atoms with van der Waals surface area (Å²) in [6.07, 6.45) is 2.56. The summed E-state index contributed by atoms with van der Waals surface area (Å²) in [6.45, 7) is 1.25. The molecule has 0 spiro atoms. The highest BCUT2D eigenvalue weighted by atomic mass is 16.5. The van der Waals surface area contributed by atoms with Gasteiger partial charge >= 0.3 is 0 Å². The summed E-state index contributed by atoms with van der Waals surface area (Å²) in [7, 11) is 0. The van der Waals surface area contributed by atoms with Gasteiger partial charge in [0, 0.05) is 35.3 Å². The number of ether oxygens (including phenoxy) is 2. The molecule has 2 heterocycles. The van der Waals surface area contributed by atoms with Crippen molar-refractivity contribution < 1.29 is 14.3 Å². The number of carbonyl (C=O) groups is 1. The Morgan fingerprint density at radius 3 is 2.79 bits per heavy atom. The number of rotatable bonds is 2. The third kappa shape index (κ3) is 2.76. The lowest BCUT2D eigenvalue weighted by Crippen LogP contribution is -2.12. The Morgan fingerprint density at radius 1 is 1.00 bits per heavy atom. The van der Waals surface area contributed by atoms with Gasteiger partial charge in [-0.2, -0.15) is 0 Å². The number of hydrogen-bond acceptors (Lipinski definition) is 4. The number of pyridine rings is 1. The zero-order chi connectivity index (χ0) is 16.4. The van der Waals surface area contributed by atoms with Gasteiger partial charge < -0.3 is 14.8 Å². The largest absolute Gasteiger partial charge is 0.490 e. The average molecular weight is 320 g/mol. The van der Waals surface area contributed by atoms with E-state index in [4.69, 9.17) is 9.47 Å². The van der Waals surface area contributed by atoms with E-state index in [0.29, 0.717) is 36.0 Å². The Hall–Kier alpha value is -3.08. The fourth-order valence-corrected chi connectivity index (χ4v) is 2.74. The predicted molar refractivity (Wildman–Crippen MR) is 91.7 cm³/mol. The number of amides is 1. The van der Waals surface area contributed by atoms with E-state index < -0.39 is 0 Å². The maximum absolute atomic E-state index is 12.7. The molecule has 5 nitrogen and oxygen atoms in total. The molecule has 1 aromatic heterocycles. The Bertz CT molecular complexity index is 903. The number of anilines is 1. The molecular weight excluding hydrogens is 304 g/mol. The highest BCUT2D eigenvalue weighted by Crippen LogP contribution is 2.32. The van der Waals surface area contributed by atoms with Gasteiger partial charge in [0.1, 0.15) is 0 Å². The first-order chi connectivity index (χ1) is 11.8. The first kappa shape index (κ1) is 14.5. The van der Waals surface area contributed by atoms with Crippen molar-refractivity contribution in [3.05, 3.63) is 60.3 Å². The number of fused-ring (bicyclic) bond motifs is 2. The van der Waals surface area contributed by atoms with Gasteiger partial charge in [0.2, 0.25) is 0 Å². The fourth-order valence-electron chi connectivity index (χ4n) is 2.74. The third-order valence-corrected chi connectivity index (χ3v) is 3.90. The first-order valence-corrected chi connectivity index (χ1v) is 7.86. The molecule has 1 amide bonds. The molecule has 0 saturated carbocycles. The van der Waals surface area contributed by atoms with Gasteiger partial charge in [0.15, 0.2) is 11.5 Å². The van der Waals surface area contributed by atoms with E-state index in [-0.39, 0.29) is 5.91 Å². The second kappa shape index (κ2) is 6.20. The second-order valence-electron chi connectivity index (χ2n) is 5.54. The zero-order valence-electron chi connectivity index (χ0n) is 13.0. The molecule has 120 valence electrons. The van der Waals surface area contributed by atoms with Crippen LogP contribution in [0.15, 0.2) is 54.7 Å². The summed E-state index contributed by atoms with van der Waals surface area (Å²) in [5, 5.41) is 3.74. The number of aromatic nitrogens is 1. The normalized spacial score (nSPS) is 13.3. The summed E-state index contributed by atoms with van der Waals surface area (Å²) in [5.41, 5.74) is 2.06. The molecule has 24 heavy (non-hydrogen) atoms. The van der Waals surface area contributed by atoms with Crippen LogP contribution in [0.3, 0.4) is 0 Å². The maximum atomic E-state index is 12.7. The molecular formula is C19H16N2O3. The minimum atomic E-state index is -0.178. The second-order valence-corrected chi connectivity index (χ2v) is 5.54. The molecule has 1 aliphatic rings. The monoisotopic (exact) mass is 320 g/mol. The quantitative estimate of drug-likeness (QED) is 0.783. The fraction of sp³-hybridized carbons (Fsp3) is 0.158. The van der Waals surface area contributed by atoms with Crippen LogP contribution in [-0.2, 0) is 0 Å². The molecule has 0 saturated heterocycles. The van der Waals surface area contributed by atoms with Crippen LogP contribution in [0.1, 0.15) is 16.8 Å². The summed E-state index contributed by atoms with van der Waals surface area (Å²) in [4.78, 5) is 16.9. The van der Waals surface area contributed by atoms with Crippen molar-refractivity contribution in [2.24, 2.45) is 0 Å². The molecule has 1 aliphatic heterocycles. The van der Waals surface area contributed by atoms with Gasteiger partial charge in [-0.05, 0) is 30.3 Å².